The molecule has 0 aliphatic heterocycles. The minimum absolute atomic E-state index is 0.357. The van der Waals surface area contributed by atoms with Crippen LogP contribution in [0.25, 0.3) is 0 Å². The molecule has 0 bridgehead atoms. The van der Waals surface area contributed by atoms with Crippen molar-refractivity contribution in [3.63, 3.8) is 0 Å². The molecule has 0 heterocycles. The first-order valence-corrected chi connectivity index (χ1v) is 3.98. The molecule has 0 saturated carbocycles. The first kappa shape index (κ1) is 10.4. The van der Waals surface area contributed by atoms with Gasteiger partial charge in [0.15, 0.2) is 0 Å². The Morgan fingerprint density at radius 1 is 1.55 bits per heavy atom. The van der Waals surface area contributed by atoms with Crippen molar-refractivity contribution in [1.29, 1.82) is 0 Å². The molecule has 0 radical (unpaired) electrons. The first-order valence-electron chi connectivity index (χ1n) is 3.98. The monoisotopic (exact) mass is 159 g/mol. The molecule has 0 aliphatic rings. The fourth-order valence-electron chi connectivity index (χ4n) is 1.23. The summed E-state index contributed by atoms with van der Waals surface area (Å²) < 4.78 is 5.11. The van der Waals surface area contributed by atoms with Gasteiger partial charge in [0.05, 0.1) is 0 Å². The van der Waals surface area contributed by atoms with Gasteiger partial charge in [-0.1, -0.05) is 20.3 Å². The van der Waals surface area contributed by atoms with Gasteiger partial charge in [-0.2, -0.15) is 0 Å². The molecule has 0 aromatic rings. The van der Waals surface area contributed by atoms with E-state index in [1.165, 1.54) is 7.11 Å². The zero-order chi connectivity index (χ0) is 8.91. The topological polar surface area (TPSA) is 52.3 Å². The average molecular weight is 159 g/mol. The van der Waals surface area contributed by atoms with Crippen LogP contribution in [-0.4, -0.2) is 18.6 Å². The highest BCUT2D eigenvalue weighted by molar-refractivity contribution is 5.83. The largest absolute Gasteiger partial charge is 0.368 e. The number of hydrogen-bond acceptors (Lipinski definition) is 2. The summed E-state index contributed by atoms with van der Waals surface area (Å²) in [6, 6.07) is 0. The van der Waals surface area contributed by atoms with E-state index in [1.807, 2.05) is 13.8 Å². The third-order valence-corrected chi connectivity index (χ3v) is 2.06. The van der Waals surface area contributed by atoms with Gasteiger partial charge in [-0.15, -0.1) is 0 Å². The maximum absolute atomic E-state index is 11.0. The summed E-state index contributed by atoms with van der Waals surface area (Å²) in [5.74, 6) is -0.357. The lowest BCUT2D eigenvalue weighted by Gasteiger charge is -2.26. The summed E-state index contributed by atoms with van der Waals surface area (Å²) in [6.07, 6.45) is 2.26. The molecule has 0 aromatic carbocycles. The number of methoxy groups -OCH3 is 1. The summed E-state index contributed by atoms with van der Waals surface area (Å²) >= 11 is 0. The molecule has 0 spiro atoms. The molecule has 0 aliphatic carbocycles. The Balaban J connectivity index is 4.32. The van der Waals surface area contributed by atoms with Gasteiger partial charge >= 0.3 is 0 Å². The lowest BCUT2D eigenvalue weighted by atomic mass is 9.94. The third-order valence-electron chi connectivity index (χ3n) is 2.06. The quantitative estimate of drug-likeness (QED) is 0.652. The van der Waals surface area contributed by atoms with Crippen LogP contribution >= 0.6 is 0 Å². The normalized spacial score (nSPS) is 15.9. The number of carbonyl (C=O) groups is 1. The predicted octanol–water partition coefficient (Wildman–Crippen LogP) is 1.07. The summed E-state index contributed by atoms with van der Waals surface area (Å²) in [4.78, 5) is 11.0. The van der Waals surface area contributed by atoms with E-state index >= 15 is 0 Å². The van der Waals surface area contributed by atoms with Gasteiger partial charge in [0, 0.05) is 7.11 Å². The molecule has 1 amide bonds. The van der Waals surface area contributed by atoms with Crippen LogP contribution < -0.4 is 5.73 Å². The van der Waals surface area contributed by atoms with Crippen LogP contribution in [0.15, 0.2) is 0 Å². The highest BCUT2D eigenvalue weighted by atomic mass is 16.5. The molecule has 0 saturated heterocycles. The van der Waals surface area contributed by atoms with E-state index in [0.29, 0.717) is 12.8 Å². The van der Waals surface area contributed by atoms with Gasteiger partial charge in [0.25, 0.3) is 0 Å². The van der Waals surface area contributed by atoms with Gasteiger partial charge in [-0.05, 0) is 12.8 Å². The van der Waals surface area contributed by atoms with Crippen LogP contribution in [0.1, 0.15) is 33.1 Å². The highest BCUT2D eigenvalue weighted by Crippen LogP contribution is 2.20. The van der Waals surface area contributed by atoms with Gasteiger partial charge in [-0.25, -0.2) is 0 Å². The fourth-order valence-corrected chi connectivity index (χ4v) is 1.23. The number of nitrogens with two attached hydrogens (primary N) is 1. The maximum Gasteiger partial charge on any atom is 0.249 e. The average Bonchev–Trinajstić information content (AvgIpc) is 2.00. The number of hydrogen-bond donors (Lipinski definition) is 1. The van der Waals surface area contributed by atoms with Crippen LogP contribution in [0.5, 0.6) is 0 Å². The van der Waals surface area contributed by atoms with E-state index in [-0.39, 0.29) is 5.91 Å². The lowest BCUT2D eigenvalue weighted by molar-refractivity contribution is -0.141. The second-order valence-corrected chi connectivity index (χ2v) is 2.67. The zero-order valence-electron chi connectivity index (χ0n) is 7.52. The van der Waals surface area contributed by atoms with E-state index < -0.39 is 5.60 Å². The molecule has 3 nitrogen and oxygen atoms in total. The van der Waals surface area contributed by atoms with Crippen LogP contribution in [0, 0.1) is 0 Å². The van der Waals surface area contributed by atoms with Gasteiger partial charge in [-0.3, -0.25) is 4.79 Å². The number of ether oxygens (including phenoxy) is 1. The molecular weight excluding hydrogens is 142 g/mol. The van der Waals surface area contributed by atoms with Crippen molar-refractivity contribution < 1.29 is 9.53 Å². The Hall–Kier alpha value is -0.570. The standard InChI is InChI=1S/C8H17NO2/c1-4-6-8(5-2,11-3)7(9)10/h4-6H2,1-3H3,(H2,9,10). The molecule has 3 heteroatoms. The summed E-state index contributed by atoms with van der Waals surface area (Å²) in [5.41, 5.74) is 4.49. The van der Waals surface area contributed by atoms with Crippen LogP contribution in [0.2, 0.25) is 0 Å². The number of carbonyl (C=O) groups excluding carboxylic acids is 1. The van der Waals surface area contributed by atoms with Gasteiger partial charge in [0.2, 0.25) is 5.91 Å². The van der Waals surface area contributed by atoms with Gasteiger partial charge in [0.1, 0.15) is 5.60 Å². The second-order valence-electron chi connectivity index (χ2n) is 2.67. The van der Waals surface area contributed by atoms with Crippen molar-refractivity contribution in [2.45, 2.75) is 38.7 Å². The number of primary amides is 1. The summed E-state index contributed by atoms with van der Waals surface area (Å²) in [7, 11) is 1.53. The maximum atomic E-state index is 11.0. The van der Waals surface area contributed by atoms with Crippen molar-refractivity contribution in [3.05, 3.63) is 0 Å². The minimum atomic E-state index is -0.727. The van der Waals surface area contributed by atoms with E-state index in [2.05, 4.69) is 0 Å². The Kier molecular flexibility index (Phi) is 4.11. The highest BCUT2D eigenvalue weighted by Gasteiger charge is 2.33. The minimum Gasteiger partial charge on any atom is -0.368 e. The summed E-state index contributed by atoms with van der Waals surface area (Å²) in [5, 5.41) is 0. The lowest BCUT2D eigenvalue weighted by Crippen LogP contribution is -2.44. The molecular formula is C8H17NO2. The number of amides is 1. The Bertz CT molecular complexity index is 130. The first-order chi connectivity index (χ1) is 5.13. The van der Waals surface area contributed by atoms with E-state index in [9.17, 15) is 4.79 Å². The predicted molar refractivity (Wildman–Crippen MR) is 44.1 cm³/mol. The summed E-state index contributed by atoms with van der Waals surface area (Å²) in [6.45, 7) is 3.91. The fraction of sp³-hybridized carbons (Fsp3) is 0.875. The molecule has 2 N–H and O–H groups in total. The molecule has 66 valence electrons. The zero-order valence-corrected chi connectivity index (χ0v) is 7.52. The second kappa shape index (κ2) is 4.34. The van der Waals surface area contributed by atoms with E-state index in [0.717, 1.165) is 6.42 Å². The molecule has 1 atom stereocenters. The van der Waals surface area contributed by atoms with Crippen LogP contribution in [0.4, 0.5) is 0 Å². The molecule has 0 aromatic heterocycles. The van der Waals surface area contributed by atoms with Crippen molar-refractivity contribution in [2.24, 2.45) is 5.73 Å². The van der Waals surface area contributed by atoms with Crippen molar-refractivity contribution >= 4 is 5.91 Å². The van der Waals surface area contributed by atoms with Crippen LogP contribution in [0.3, 0.4) is 0 Å². The van der Waals surface area contributed by atoms with Crippen molar-refractivity contribution in [1.82, 2.24) is 0 Å². The molecule has 1 unspecified atom stereocenters. The Morgan fingerprint density at radius 2 is 2.09 bits per heavy atom. The SMILES string of the molecule is CCCC(CC)(OC)C(N)=O. The van der Waals surface area contributed by atoms with Gasteiger partial charge < -0.3 is 10.5 Å². The van der Waals surface area contributed by atoms with Crippen molar-refractivity contribution in [3.8, 4) is 0 Å². The third kappa shape index (κ3) is 2.19. The van der Waals surface area contributed by atoms with Crippen LogP contribution in [-0.2, 0) is 9.53 Å². The van der Waals surface area contributed by atoms with E-state index in [4.69, 9.17) is 10.5 Å². The Morgan fingerprint density at radius 3 is 2.18 bits per heavy atom. The van der Waals surface area contributed by atoms with Crippen molar-refractivity contribution in [2.75, 3.05) is 7.11 Å². The molecule has 0 rings (SSSR count). The number of rotatable bonds is 5. The smallest absolute Gasteiger partial charge is 0.249 e. The molecule has 11 heavy (non-hydrogen) atoms. The Labute approximate surface area is 67.9 Å². The van der Waals surface area contributed by atoms with E-state index in [1.54, 1.807) is 0 Å². The molecule has 0 fully saturated rings.